The molecule has 0 saturated carbocycles. The number of allylic oxidation sites excluding steroid dienone is 1. The molecule has 9 heteroatoms. The van der Waals surface area contributed by atoms with Crippen molar-refractivity contribution in [2.75, 3.05) is 25.0 Å². The van der Waals surface area contributed by atoms with E-state index in [1.54, 1.807) is 16.8 Å². The fourth-order valence-corrected chi connectivity index (χ4v) is 5.55. The van der Waals surface area contributed by atoms with Crippen molar-refractivity contribution >= 4 is 34.7 Å². The number of nitrogens with zero attached hydrogens (tertiary/aromatic N) is 6. The van der Waals surface area contributed by atoms with Gasteiger partial charge in [-0.15, -0.1) is 0 Å². The van der Waals surface area contributed by atoms with Gasteiger partial charge >= 0.3 is 6.03 Å². The first-order valence-corrected chi connectivity index (χ1v) is 12.7. The highest BCUT2D eigenvalue weighted by Gasteiger charge is 2.39. The zero-order valence-corrected chi connectivity index (χ0v) is 21.3. The number of amides is 3. The van der Waals surface area contributed by atoms with Crippen LogP contribution in [0.3, 0.4) is 0 Å². The summed E-state index contributed by atoms with van der Waals surface area (Å²) in [6.45, 7) is 4.44. The molecular formula is C28H30N6O3. The van der Waals surface area contributed by atoms with Crippen molar-refractivity contribution in [2.24, 2.45) is 0 Å². The predicted molar refractivity (Wildman–Crippen MR) is 141 cm³/mol. The minimum Gasteiger partial charge on any atom is -0.381 e. The fourth-order valence-electron chi connectivity index (χ4n) is 5.55. The summed E-state index contributed by atoms with van der Waals surface area (Å²) in [5.74, 6) is -0.285. The minimum atomic E-state index is -1.41. The molecular weight excluding hydrogens is 468 g/mol. The molecule has 1 aliphatic carbocycles. The fraction of sp³-hybridized carbons (Fsp3) is 0.393. The average Bonchev–Trinajstić information content (AvgIpc) is 3.36. The number of hydrogen-bond donors (Lipinski definition) is 1. The van der Waals surface area contributed by atoms with Crippen LogP contribution in [0.2, 0.25) is 0 Å². The number of rotatable bonds is 3. The second-order valence-corrected chi connectivity index (χ2v) is 10.7. The molecule has 5 heterocycles. The lowest BCUT2D eigenvalue weighted by atomic mass is 9.98. The Morgan fingerprint density at radius 3 is 2.68 bits per heavy atom. The van der Waals surface area contributed by atoms with Gasteiger partial charge in [0.05, 0.1) is 29.1 Å². The molecule has 0 aromatic carbocycles. The van der Waals surface area contributed by atoms with Gasteiger partial charge in [0.1, 0.15) is 11.1 Å². The number of likely N-dealkylation sites (tertiary alicyclic amines) is 1. The second kappa shape index (κ2) is 8.62. The van der Waals surface area contributed by atoms with Crippen molar-refractivity contribution in [1.82, 2.24) is 24.8 Å². The third kappa shape index (κ3) is 4.03. The van der Waals surface area contributed by atoms with Crippen molar-refractivity contribution in [3.8, 4) is 11.3 Å². The van der Waals surface area contributed by atoms with Gasteiger partial charge in [-0.05, 0) is 50.5 Å². The zero-order chi connectivity index (χ0) is 25.9. The summed E-state index contributed by atoms with van der Waals surface area (Å²) in [6, 6.07) is 5.83. The SMILES string of the molecule is CN1Cc2cnc3ccc(-c4cnc5c(c4)C=CC5)nc3c2N(C2CCN(C(=O)C(C)(C)O)CC2)C1=O. The molecule has 1 fully saturated rings. The second-order valence-electron chi connectivity index (χ2n) is 10.7. The van der Waals surface area contributed by atoms with Crippen LogP contribution < -0.4 is 4.90 Å². The third-order valence-electron chi connectivity index (χ3n) is 7.49. The number of aromatic nitrogens is 3. The largest absolute Gasteiger partial charge is 0.381 e. The Balaban J connectivity index is 1.39. The van der Waals surface area contributed by atoms with E-state index < -0.39 is 5.60 Å². The lowest BCUT2D eigenvalue weighted by Crippen LogP contribution is -2.56. The van der Waals surface area contributed by atoms with Gasteiger partial charge < -0.3 is 14.9 Å². The highest BCUT2D eigenvalue weighted by molar-refractivity contribution is 6.04. The lowest BCUT2D eigenvalue weighted by molar-refractivity contribution is -0.148. The van der Waals surface area contributed by atoms with Gasteiger partial charge in [0.15, 0.2) is 0 Å². The van der Waals surface area contributed by atoms with Gasteiger partial charge in [0, 0.05) is 56.1 Å². The normalized spacial score (nSPS) is 17.9. The maximum Gasteiger partial charge on any atom is 0.324 e. The Kier molecular flexibility index (Phi) is 5.49. The van der Waals surface area contributed by atoms with E-state index >= 15 is 0 Å². The number of carbonyl (C=O) groups is 2. The van der Waals surface area contributed by atoms with Gasteiger partial charge in [-0.25, -0.2) is 9.78 Å². The maximum atomic E-state index is 13.6. The molecule has 6 rings (SSSR count). The molecule has 0 unspecified atom stereocenters. The van der Waals surface area contributed by atoms with E-state index in [1.165, 1.54) is 13.8 Å². The molecule has 0 radical (unpaired) electrons. The number of anilines is 1. The molecule has 3 aliphatic rings. The van der Waals surface area contributed by atoms with Gasteiger partial charge in [0.25, 0.3) is 5.91 Å². The highest BCUT2D eigenvalue weighted by Crippen LogP contribution is 2.38. The third-order valence-corrected chi connectivity index (χ3v) is 7.49. The summed E-state index contributed by atoms with van der Waals surface area (Å²) in [5.41, 5.74) is 5.65. The molecule has 37 heavy (non-hydrogen) atoms. The Hall–Kier alpha value is -3.85. The van der Waals surface area contributed by atoms with Gasteiger partial charge in [-0.3, -0.25) is 19.7 Å². The summed E-state index contributed by atoms with van der Waals surface area (Å²) in [6.07, 6.45) is 9.97. The van der Waals surface area contributed by atoms with Crippen molar-refractivity contribution < 1.29 is 14.7 Å². The number of carbonyl (C=O) groups excluding carboxylic acids is 2. The van der Waals surface area contributed by atoms with E-state index in [0.29, 0.717) is 38.0 Å². The van der Waals surface area contributed by atoms with Crippen molar-refractivity contribution in [2.45, 2.75) is 51.3 Å². The quantitative estimate of drug-likeness (QED) is 0.594. The molecule has 0 atom stereocenters. The van der Waals surface area contributed by atoms with Crippen LogP contribution in [0.25, 0.3) is 28.4 Å². The van der Waals surface area contributed by atoms with Crippen LogP contribution in [-0.4, -0.2) is 73.6 Å². The lowest BCUT2D eigenvalue weighted by Gasteiger charge is -2.43. The first-order valence-electron chi connectivity index (χ1n) is 12.7. The van der Waals surface area contributed by atoms with E-state index in [2.05, 4.69) is 28.2 Å². The summed E-state index contributed by atoms with van der Waals surface area (Å²) in [4.78, 5) is 45.7. The van der Waals surface area contributed by atoms with Crippen LogP contribution in [0.5, 0.6) is 0 Å². The molecule has 1 saturated heterocycles. The molecule has 2 aliphatic heterocycles. The topological polar surface area (TPSA) is 103 Å². The molecule has 0 spiro atoms. The Morgan fingerprint density at radius 1 is 1.14 bits per heavy atom. The number of hydrogen-bond acceptors (Lipinski definition) is 6. The molecule has 3 amide bonds. The number of urea groups is 1. The van der Waals surface area contributed by atoms with Crippen molar-refractivity contribution in [3.63, 3.8) is 0 Å². The van der Waals surface area contributed by atoms with Gasteiger partial charge in [-0.2, -0.15) is 0 Å². The summed E-state index contributed by atoms with van der Waals surface area (Å²) >= 11 is 0. The molecule has 1 N–H and O–H groups in total. The first kappa shape index (κ1) is 23.5. The van der Waals surface area contributed by atoms with E-state index in [9.17, 15) is 14.7 Å². The summed E-state index contributed by atoms with van der Waals surface area (Å²) < 4.78 is 0. The van der Waals surface area contributed by atoms with Crippen LogP contribution in [-0.2, 0) is 17.8 Å². The Bertz CT molecular complexity index is 1450. The van der Waals surface area contributed by atoms with E-state index in [1.807, 2.05) is 29.4 Å². The maximum absolute atomic E-state index is 13.6. The molecule has 3 aromatic heterocycles. The zero-order valence-electron chi connectivity index (χ0n) is 21.3. The molecule has 0 bridgehead atoms. The first-order chi connectivity index (χ1) is 17.7. The minimum absolute atomic E-state index is 0.0798. The van der Waals surface area contributed by atoms with E-state index in [-0.39, 0.29) is 18.0 Å². The number of fused-ring (bicyclic) bond motifs is 4. The van der Waals surface area contributed by atoms with Crippen molar-refractivity contribution in [1.29, 1.82) is 0 Å². The van der Waals surface area contributed by atoms with Crippen LogP contribution in [0.4, 0.5) is 10.5 Å². The highest BCUT2D eigenvalue weighted by atomic mass is 16.3. The number of pyridine rings is 3. The predicted octanol–water partition coefficient (Wildman–Crippen LogP) is 3.39. The van der Waals surface area contributed by atoms with Gasteiger partial charge in [0.2, 0.25) is 0 Å². The van der Waals surface area contributed by atoms with Crippen LogP contribution >= 0.6 is 0 Å². The standard InChI is InChI=1S/C28H30N6O3/c1-28(2,37)26(35)33-11-9-20(10-12-33)34-25-19(16-32(3)27(34)36)15-30-23-8-7-22(31-24(23)25)18-13-17-5-4-6-21(17)29-14-18/h4-5,7-8,13-15,20,37H,6,9-12,16H2,1-3H3. The van der Waals surface area contributed by atoms with E-state index in [4.69, 9.17) is 4.98 Å². The summed E-state index contributed by atoms with van der Waals surface area (Å²) in [7, 11) is 1.79. The van der Waals surface area contributed by atoms with Crippen LogP contribution in [0, 0.1) is 0 Å². The molecule has 9 nitrogen and oxygen atoms in total. The van der Waals surface area contributed by atoms with Crippen LogP contribution in [0.15, 0.2) is 36.7 Å². The molecule has 190 valence electrons. The monoisotopic (exact) mass is 498 g/mol. The van der Waals surface area contributed by atoms with Crippen LogP contribution in [0.1, 0.15) is 43.5 Å². The van der Waals surface area contributed by atoms with Crippen molar-refractivity contribution in [3.05, 3.63) is 53.5 Å². The van der Waals surface area contributed by atoms with Gasteiger partial charge in [-0.1, -0.05) is 12.2 Å². The number of aliphatic hydroxyl groups is 1. The Morgan fingerprint density at radius 2 is 1.92 bits per heavy atom. The van der Waals surface area contributed by atoms with E-state index in [0.717, 1.165) is 45.7 Å². The number of piperidine rings is 1. The summed E-state index contributed by atoms with van der Waals surface area (Å²) in [5, 5.41) is 10.2. The Labute approximate surface area is 215 Å². The smallest absolute Gasteiger partial charge is 0.324 e. The molecule has 3 aromatic rings. The average molecular weight is 499 g/mol.